The molecule has 30 heavy (non-hydrogen) atoms. The third kappa shape index (κ3) is 4.84. The molecule has 4 rings (SSSR count). The number of aryl methyl sites for hydroxylation is 2. The van der Waals surface area contributed by atoms with Crippen molar-refractivity contribution in [3.8, 4) is 11.5 Å². The number of ether oxygens (including phenoxy) is 2. The first-order valence-electron chi connectivity index (χ1n) is 10.4. The van der Waals surface area contributed by atoms with Crippen molar-refractivity contribution < 1.29 is 13.9 Å². The number of benzene rings is 1. The second-order valence-electron chi connectivity index (χ2n) is 7.94. The first-order valence-corrected chi connectivity index (χ1v) is 10.4. The fraction of sp³-hybridized carbons (Fsp3) is 0.545. The molecule has 1 aromatic carbocycles. The quantitative estimate of drug-likeness (QED) is 0.346. The summed E-state index contributed by atoms with van der Waals surface area (Å²) >= 11 is 0. The molecule has 2 heterocycles. The molecule has 8 heteroatoms. The molecule has 1 aliphatic heterocycles. The monoisotopic (exact) mass is 526 g/mol. The number of rotatable bonds is 5. The fourth-order valence-corrected chi connectivity index (χ4v) is 4.27. The van der Waals surface area contributed by atoms with E-state index in [0.717, 1.165) is 48.3 Å². The summed E-state index contributed by atoms with van der Waals surface area (Å²) in [6, 6.07) is 6.38. The number of nitrogens with one attached hydrogen (secondary N) is 2. The summed E-state index contributed by atoms with van der Waals surface area (Å²) in [6.07, 6.45) is 6.06. The van der Waals surface area contributed by atoms with E-state index in [1.807, 2.05) is 19.9 Å². The Labute approximate surface area is 195 Å². The number of oxazole rings is 1. The van der Waals surface area contributed by atoms with E-state index in [4.69, 9.17) is 13.9 Å². The van der Waals surface area contributed by atoms with Crippen LogP contribution in [0.2, 0.25) is 0 Å². The van der Waals surface area contributed by atoms with Gasteiger partial charge in [0.15, 0.2) is 17.5 Å². The van der Waals surface area contributed by atoms with Crippen molar-refractivity contribution in [2.45, 2.75) is 57.9 Å². The molecule has 1 fully saturated rings. The first kappa shape index (κ1) is 22.7. The highest BCUT2D eigenvalue weighted by Gasteiger charge is 2.35. The normalized spacial score (nSPS) is 17.4. The minimum absolute atomic E-state index is 0. The molecule has 2 N–H and O–H groups in total. The van der Waals surface area contributed by atoms with Crippen molar-refractivity contribution in [3.63, 3.8) is 0 Å². The summed E-state index contributed by atoms with van der Waals surface area (Å²) in [5.41, 5.74) is 2.30. The van der Waals surface area contributed by atoms with Gasteiger partial charge in [0.2, 0.25) is 12.7 Å². The van der Waals surface area contributed by atoms with Gasteiger partial charge in [0.05, 0.1) is 12.2 Å². The molecule has 164 valence electrons. The van der Waals surface area contributed by atoms with Gasteiger partial charge in [-0.05, 0) is 44.4 Å². The van der Waals surface area contributed by atoms with Crippen molar-refractivity contribution in [2.24, 2.45) is 4.99 Å². The SMILES string of the molecule is CN=C(NCc1nc(C)c(C)o1)NCC1(c2ccc3c(c2)OCO3)CCCCC1.I. The zero-order valence-corrected chi connectivity index (χ0v) is 20.2. The maximum atomic E-state index is 5.65. The molecule has 1 saturated carbocycles. The van der Waals surface area contributed by atoms with E-state index < -0.39 is 0 Å². The van der Waals surface area contributed by atoms with E-state index in [1.165, 1.54) is 24.8 Å². The number of hydrogen-bond donors (Lipinski definition) is 2. The summed E-state index contributed by atoms with van der Waals surface area (Å²) in [4.78, 5) is 8.80. The summed E-state index contributed by atoms with van der Waals surface area (Å²) in [7, 11) is 1.79. The molecule has 7 nitrogen and oxygen atoms in total. The zero-order valence-electron chi connectivity index (χ0n) is 17.9. The highest BCUT2D eigenvalue weighted by atomic mass is 127. The van der Waals surface area contributed by atoms with Gasteiger partial charge in [-0.25, -0.2) is 4.98 Å². The molecule has 0 saturated heterocycles. The van der Waals surface area contributed by atoms with Crippen LogP contribution in [-0.2, 0) is 12.0 Å². The van der Waals surface area contributed by atoms with Crippen LogP contribution < -0.4 is 20.1 Å². The van der Waals surface area contributed by atoms with E-state index in [1.54, 1.807) is 7.05 Å². The Balaban J connectivity index is 0.00000256. The van der Waals surface area contributed by atoms with Crippen molar-refractivity contribution in [1.82, 2.24) is 15.6 Å². The van der Waals surface area contributed by atoms with Gasteiger partial charge in [0, 0.05) is 19.0 Å². The van der Waals surface area contributed by atoms with E-state index in [0.29, 0.717) is 19.2 Å². The molecule has 0 spiro atoms. The number of halogens is 1. The number of nitrogens with zero attached hydrogens (tertiary/aromatic N) is 2. The summed E-state index contributed by atoms with van der Waals surface area (Å²) < 4.78 is 16.8. The Kier molecular flexibility index (Phi) is 7.49. The molecular formula is C22H31IN4O3. The summed E-state index contributed by atoms with van der Waals surface area (Å²) in [5, 5.41) is 6.85. The predicted molar refractivity (Wildman–Crippen MR) is 127 cm³/mol. The van der Waals surface area contributed by atoms with Crippen LogP contribution in [-0.4, -0.2) is 31.3 Å². The van der Waals surface area contributed by atoms with Gasteiger partial charge in [-0.1, -0.05) is 25.3 Å². The highest BCUT2D eigenvalue weighted by molar-refractivity contribution is 14.0. The Bertz CT molecular complexity index is 871. The van der Waals surface area contributed by atoms with Crippen LogP contribution in [0.1, 0.15) is 55.0 Å². The summed E-state index contributed by atoms with van der Waals surface area (Å²) in [5.74, 6) is 3.97. The van der Waals surface area contributed by atoms with Crippen LogP contribution in [0, 0.1) is 13.8 Å². The molecule has 2 aromatic rings. The predicted octanol–water partition coefficient (Wildman–Crippen LogP) is 4.21. The third-order valence-corrected chi connectivity index (χ3v) is 6.09. The number of aliphatic imine (C=N–C) groups is 1. The van der Waals surface area contributed by atoms with Gasteiger partial charge in [0.25, 0.3) is 0 Å². The van der Waals surface area contributed by atoms with Crippen LogP contribution in [0.3, 0.4) is 0 Å². The maximum absolute atomic E-state index is 5.65. The number of aromatic nitrogens is 1. The van der Waals surface area contributed by atoms with Gasteiger partial charge >= 0.3 is 0 Å². The second-order valence-corrected chi connectivity index (χ2v) is 7.94. The zero-order chi connectivity index (χ0) is 20.3. The molecule has 0 amide bonds. The van der Waals surface area contributed by atoms with Gasteiger partial charge in [-0.15, -0.1) is 24.0 Å². The van der Waals surface area contributed by atoms with Crippen molar-refractivity contribution in [3.05, 3.63) is 41.1 Å². The lowest BCUT2D eigenvalue weighted by atomic mass is 9.69. The number of guanidine groups is 1. The van der Waals surface area contributed by atoms with Gasteiger partial charge in [-0.2, -0.15) is 0 Å². The molecular weight excluding hydrogens is 495 g/mol. The van der Waals surface area contributed by atoms with Crippen LogP contribution in [0.5, 0.6) is 11.5 Å². The minimum atomic E-state index is 0. The van der Waals surface area contributed by atoms with Gasteiger partial charge < -0.3 is 24.5 Å². The van der Waals surface area contributed by atoms with Crippen molar-refractivity contribution >= 4 is 29.9 Å². The van der Waals surface area contributed by atoms with Crippen LogP contribution >= 0.6 is 24.0 Å². The molecule has 0 bridgehead atoms. The molecule has 2 aliphatic rings. The van der Waals surface area contributed by atoms with Crippen LogP contribution in [0.25, 0.3) is 0 Å². The van der Waals surface area contributed by atoms with Crippen molar-refractivity contribution in [2.75, 3.05) is 20.4 Å². The number of hydrogen-bond acceptors (Lipinski definition) is 5. The van der Waals surface area contributed by atoms with Crippen LogP contribution in [0.4, 0.5) is 0 Å². The Morgan fingerprint density at radius 1 is 1.10 bits per heavy atom. The van der Waals surface area contributed by atoms with E-state index in [9.17, 15) is 0 Å². The number of fused-ring (bicyclic) bond motifs is 1. The maximum Gasteiger partial charge on any atom is 0.231 e. The van der Waals surface area contributed by atoms with E-state index in [-0.39, 0.29) is 29.4 Å². The standard InChI is InChI=1S/C22H30N4O3.HI/c1-15-16(2)29-20(26-15)12-24-21(23-3)25-13-22(9-5-4-6-10-22)17-7-8-18-19(11-17)28-14-27-18;/h7-8,11H,4-6,9-10,12-14H2,1-3H3,(H2,23,24,25);1H. The molecule has 0 radical (unpaired) electrons. The lowest BCUT2D eigenvalue weighted by Crippen LogP contribution is -2.46. The highest BCUT2D eigenvalue weighted by Crippen LogP contribution is 2.43. The molecule has 1 aromatic heterocycles. The van der Waals surface area contributed by atoms with E-state index in [2.05, 4.69) is 32.7 Å². The van der Waals surface area contributed by atoms with Crippen LogP contribution in [0.15, 0.2) is 27.6 Å². The minimum Gasteiger partial charge on any atom is -0.454 e. The van der Waals surface area contributed by atoms with Gasteiger partial charge in [0.1, 0.15) is 5.76 Å². The largest absolute Gasteiger partial charge is 0.454 e. The molecule has 1 aliphatic carbocycles. The Hall–Kier alpha value is -1.97. The topological polar surface area (TPSA) is 80.9 Å². The third-order valence-electron chi connectivity index (χ3n) is 6.09. The van der Waals surface area contributed by atoms with E-state index >= 15 is 0 Å². The molecule has 0 unspecified atom stereocenters. The van der Waals surface area contributed by atoms with Crippen molar-refractivity contribution in [1.29, 1.82) is 0 Å². The Morgan fingerprint density at radius 2 is 1.87 bits per heavy atom. The smallest absolute Gasteiger partial charge is 0.231 e. The fourth-order valence-electron chi connectivity index (χ4n) is 4.27. The molecule has 0 atom stereocenters. The average molecular weight is 526 g/mol. The second kappa shape index (κ2) is 9.89. The Morgan fingerprint density at radius 3 is 2.57 bits per heavy atom. The lowest BCUT2D eigenvalue weighted by molar-refractivity contribution is 0.174. The lowest BCUT2D eigenvalue weighted by Gasteiger charge is -2.38. The average Bonchev–Trinajstić information content (AvgIpc) is 3.34. The van der Waals surface area contributed by atoms with Gasteiger partial charge in [-0.3, -0.25) is 4.99 Å². The summed E-state index contributed by atoms with van der Waals surface area (Å²) in [6.45, 7) is 5.51. The first-order chi connectivity index (χ1) is 14.1.